The maximum atomic E-state index is 11.7. The van der Waals surface area contributed by atoms with Crippen LogP contribution in [0, 0.1) is 0 Å². The quantitative estimate of drug-likeness (QED) is 0.797. The molecule has 4 nitrogen and oxygen atoms in total. The highest BCUT2D eigenvalue weighted by atomic mass is 16.3. The van der Waals surface area contributed by atoms with E-state index >= 15 is 0 Å². The van der Waals surface area contributed by atoms with Gasteiger partial charge in [-0.05, 0) is 26.7 Å². The molecule has 0 amide bonds. The first-order valence-electron chi connectivity index (χ1n) is 5.42. The van der Waals surface area contributed by atoms with Crippen LogP contribution < -0.4 is 5.69 Å². The molecule has 15 heavy (non-hydrogen) atoms. The van der Waals surface area contributed by atoms with Crippen LogP contribution in [0.2, 0.25) is 0 Å². The van der Waals surface area contributed by atoms with Gasteiger partial charge in [0.25, 0.3) is 0 Å². The number of nitrogens with zero attached hydrogens (tertiary/aromatic N) is 2. The lowest BCUT2D eigenvalue weighted by atomic mass is 10.1. The summed E-state index contributed by atoms with van der Waals surface area (Å²) < 4.78 is 3.35. The lowest BCUT2D eigenvalue weighted by Gasteiger charge is -2.16. The highest BCUT2D eigenvalue weighted by Gasteiger charge is 2.13. The zero-order chi connectivity index (χ0) is 11.5. The first-order chi connectivity index (χ1) is 6.94. The summed E-state index contributed by atoms with van der Waals surface area (Å²) in [6.07, 6.45) is 5.12. The van der Waals surface area contributed by atoms with E-state index in [2.05, 4.69) is 0 Å². The zero-order valence-corrected chi connectivity index (χ0v) is 9.73. The van der Waals surface area contributed by atoms with Crippen LogP contribution in [0.1, 0.15) is 33.6 Å². The van der Waals surface area contributed by atoms with E-state index in [1.807, 2.05) is 6.92 Å². The Bertz CT molecular complexity index is 357. The molecule has 4 heteroatoms. The Morgan fingerprint density at radius 2 is 1.80 bits per heavy atom. The van der Waals surface area contributed by atoms with Crippen LogP contribution in [0.3, 0.4) is 0 Å². The molecular formula is C11H20N2O2. The molecule has 1 rings (SSSR count). The number of imidazole rings is 1. The van der Waals surface area contributed by atoms with Crippen molar-refractivity contribution in [2.75, 3.05) is 0 Å². The molecule has 0 aliphatic carbocycles. The third kappa shape index (κ3) is 3.55. The first-order valence-corrected chi connectivity index (χ1v) is 5.42. The lowest BCUT2D eigenvalue weighted by molar-refractivity contribution is 0.0659. The fourth-order valence-electron chi connectivity index (χ4n) is 1.43. The van der Waals surface area contributed by atoms with E-state index in [0.717, 1.165) is 13.0 Å². The monoisotopic (exact) mass is 212 g/mol. The van der Waals surface area contributed by atoms with Crippen LogP contribution in [-0.4, -0.2) is 19.8 Å². The van der Waals surface area contributed by atoms with Crippen molar-refractivity contribution in [2.24, 2.45) is 0 Å². The smallest absolute Gasteiger partial charge is 0.328 e. The summed E-state index contributed by atoms with van der Waals surface area (Å²) in [7, 11) is 0. The van der Waals surface area contributed by atoms with Gasteiger partial charge in [-0.15, -0.1) is 0 Å². The van der Waals surface area contributed by atoms with Crippen molar-refractivity contribution in [2.45, 2.75) is 52.3 Å². The Kier molecular flexibility index (Phi) is 3.74. The van der Waals surface area contributed by atoms with Crippen molar-refractivity contribution in [3.8, 4) is 0 Å². The second-order valence-electron chi connectivity index (χ2n) is 4.53. The average molecular weight is 212 g/mol. The van der Waals surface area contributed by atoms with Crippen LogP contribution in [0.4, 0.5) is 0 Å². The molecule has 0 radical (unpaired) electrons. The molecule has 0 saturated heterocycles. The number of rotatable bonds is 5. The minimum atomic E-state index is -0.716. The molecular weight excluding hydrogens is 192 g/mol. The first kappa shape index (κ1) is 12.0. The van der Waals surface area contributed by atoms with Crippen LogP contribution in [0.25, 0.3) is 0 Å². The van der Waals surface area contributed by atoms with Crippen LogP contribution in [-0.2, 0) is 13.1 Å². The molecule has 0 aliphatic rings. The number of hydrogen-bond donors (Lipinski definition) is 1. The summed E-state index contributed by atoms with van der Waals surface area (Å²) in [5.41, 5.74) is -0.701. The fraction of sp³-hybridized carbons (Fsp3) is 0.727. The summed E-state index contributed by atoms with van der Waals surface area (Å²) in [6, 6.07) is 0. The Morgan fingerprint density at radius 3 is 2.27 bits per heavy atom. The predicted octanol–water partition coefficient (Wildman–Crippen LogP) is 1.22. The SMILES string of the molecule is CCCn1ccn(CCC(C)(C)O)c1=O. The third-order valence-electron chi connectivity index (χ3n) is 2.35. The van der Waals surface area contributed by atoms with Crippen LogP contribution in [0.15, 0.2) is 17.2 Å². The van der Waals surface area contributed by atoms with Crippen molar-refractivity contribution in [1.29, 1.82) is 0 Å². The van der Waals surface area contributed by atoms with Gasteiger partial charge < -0.3 is 5.11 Å². The van der Waals surface area contributed by atoms with Gasteiger partial charge in [0.05, 0.1) is 5.60 Å². The third-order valence-corrected chi connectivity index (χ3v) is 2.35. The summed E-state index contributed by atoms with van der Waals surface area (Å²) in [6.45, 7) is 6.87. The Hall–Kier alpha value is -1.03. The minimum Gasteiger partial charge on any atom is -0.390 e. The predicted molar refractivity (Wildman–Crippen MR) is 59.9 cm³/mol. The fourth-order valence-corrected chi connectivity index (χ4v) is 1.43. The van der Waals surface area contributed by atoms with Gasteiger partial charge in [-0.3, -0.25) is 9.13 Å². The number of aryl methyl sites for hydroxylation is 2. The van der Waals surface area contributed by atoms with Gasteiger partial charge in [0, 0.05) is 25.5 Å². The normalized spacial score (nSPS) is 12.0. The lowest BCUT2D eigenvalue weighted by Crippen LogP contribution is -2.28. The Balaban J connectivity index is 2.67. The van der Waals surface area contributed by atoms with Gasteiger partial charge >= 0.3 is 5.69 Å². The molecule has 1 heterocycles. The maximum absolute atomic E-state index is 11.7. The molecule has 0 aliphatic heterocycles. The van der Waals surface area contributed by atoms with E-state index in [9.17, 15) is 9.90 Å². The summed E-state index contributed by atoms with van der Waals surface area (Å²) in [5.74, 6) is 0. The van der Waals surface area contributed by atoms with Crippen molar-refractivity contribution in [3.63, 3.8) is 0 Å². The molecule has 86 valence electrons. The highest BCUT2D eigenvalue weighted by molar-refractivity contribution is 4.82. The second kappa shape index (κ2) is 4.66. The largest absolute Gasteiger partial charge is 0.390 e. The van der Waals surface area contributed by atoms with E-state index in [4.69, 9.17) is 0 Å². The van der Waals surface area contributed by atoms with Gasteiger partial charge in [0.15, 0.2) is 0 Å². The van der Waals surface area contributed by atoms with Crippen molar-refractivity contribution < 1.29 is 5.11 Å². The van der Waals surface area contributed by atoms with Crippen molar-refractivity contribution in [3.05, 3.63) is 22.9 Å². The van der Waals surface area contributed by atoms with E-state index in [-0.39, 0.29) is 5.69 Å². The van der Waals surface area contributed by atoms with Gasteiger partial charge in [-0.2, -0.15) is 0 Å². The van der Waals surface area contributed by atoms with Gasteiger partial charge in [0.1, 0.15) is 0 Å². The molecule has 0 unspecified atom stereocenters. The molecule has 0 saturated carbocycles. The summed E-state index contributed by atoms with van der Waals surface area (Å²) >= 11 is 0. The standard InChI is InChI=1S/C11H20N2O2/c1-4-6-12-8-9-13(10(12)14)7-5-11(2,3)15/h8-9,15H,4-7H2,1-3H3. The molecule has 1 aromatic rings. The van der Waals surface area contributed by atoms with Gasteiger partial charge in [-0.1, -0.05) is 6.92 Å². The zero-order valence-electron chi connectivity index (χ0n) is 9.73. The number of aromatic nitrogens is 2. The highest BCUT2D eigenvalue weighted by Crippen LogP contribution is 2.07. The molecule has 1 aromatic heterocycles. The molecule has 0 spiro atoms. The van der Waals surface area contributed by atoms with Crippen molar-refractivity contribution >= 4 is 0 Å². The molecule has 0 aromatic carbocycles. The average Bonchev–Trinajstić information content (AvgIpc) is 2.45. The Labute approximate surface area is 90.2 Å². The van der Waals surface area contributed by atoms with Crippen molar-refractivity contribution in [1.82, 2.24) is 9.13 Å². The van der Waals surface area contributed by atoms with Gasteiger partial charge in [-0.25, -0.2) is 4.79 Å². The minimum absolute atomic E-state index is 0.0149. The molecule has 0 atom stereocenters. The topological polar surface area (TPSA) is 47.2 Å². The molecule has 0 bridgehead atoms. The molecule has 1 N–H and O–H groups in total. The second-order valence-corrected chi connectivity index (χ2v) is 4.53. The van der Waals surface area contributed by atoms with Gasteiger partial charge in [0.2, 0.25) is 0 Å². The van der Waals surface area contributed by atoms with Crippen LogP contribution >= 0.6 is 0 Å². The number of hydrogen-bond acceptors (Lipinski definition) is 2. The summed E-state index contributed by atoms with van der Waals surface area (Å²) in [5, 5.41) is 9.56. The van der Waals surface area contributed by atoms with E-state index in [1.165, 1.54) is 0 Å². The van der Waals surface area contributed by atoms with Crippen LogP contribution in [0.5, 0.6) is 0 Å². The molecule has 0 fully saturated rings. The van der Waals surface area contributed by atoms with E-state index in [1.54, 1.807) is 35.4 Å². The maximum Gasteiger partial charge on any atom is 0.328 e. The number of aliphatic hydroxyl groups is 1. The van der Waals surface area contributed by atoms with E-state index < -0.39 is 5.60 Å². The van der Waals surface area contributed by atoms with E-state index in [0.29, 0.717) is 13.0 Å². The summed E-state index contributed by atoms with van der Waals surface area (Å²) in [4.78, 5) is 11.7. The Morgan fingerprint density at radius 1 is 1.27 bits per heavy atom.